The lowest BCUT2D eigenvalue weighted by atomic mass is 10.2. The van der Waals surface area contributed by atoms with Crippen LogP contribution in [0.3, 0.4) is 0 Å². The smallest absolute Gasteiger partial charge is 0.252 e. The molecule has 4 nitrogen and oxygen atoms in total. The molecule has 0 saturated carbocycles. The van der Waals surface area contributed by atoms with Gasteiger partial charge in [0.25, 0.3) is 5.91 Å². The molecule has 2 N–H and O–H groups in total. The average molecular weight is 284 g/mol. The van der Waals surface area contributed by atoms with Gasteiger partial charge in [0, 0.05) is 19.3 Å². The lowest BCUT2D eigenvalue weighted by Gasteiger charge is -2.08. The summed E-state index contributed by atoms with van der Waals surface area (Å²) in [6, 6.07) is 1.69. The number of hydrogen-bond donors (Lipinski definition) is 2. The maximum atomic E-state index is 12.0. The van der Waals surface area contributed by atoms with E-state index < -0.39 is 0 Å². The van der Waals surface area contributed by atoms with Crippen LogP contribution < -0.4 is 10.6 Å². The van der Waals surface area contributed by atoms with E-state index in [0.717, 1.165) is 19.4 Å². The van der Waals surface area contributed by atoms with Gasteiger partial charge < -0.3 is 10.6 Å². The molecule has 1 heterocycles. The number of hydrogen-bond acceptors (Lipinski definition) is 3. The molecule has 0 aliphatic heterocycles. The van der Waals surface area contributed by atoms with E-state index in [1.54, 1.807) is 6.07 Å². The van der Waals surface area contributed by atoms with Gasteiger partial charge in [0.2, 0.25) is 0 Å². The van der Waals surface area contributed by atoms with Gasteiger partial charge in [-0.1, -0.05) is 37.8 Å². The molecule has 0 fully saturated rings. The zero-order chi connectivity index (χ0) is 14.1. The zero-order valence-electron chi connectivity index (χ0n) is 11.6. The van der Waals surface area contributed by atoms with Gasteiger partial charge in [0.1, 0.15) is 5.82 Å². The molecule has 1 aromatic heterocycles. The van der Waals surface area contributed by atoms with Crippen molar-refractivity contribution in [3.8, 4) is 0 Å². The first-order valence-corrected chi connectivity index (χ1v) is 7.24. The molecule has 1 aromatic rings. The fourth-order valence-electron chi connectivity index (χ4n) is 1.74. The molecule has 0 radical (unpaired) electrons. The van der Waals surface area contributed by atoms with Gasteiger partial charge in [-0.05, 0) is 19.4 Å². The maximum absolute atomic E-state index is 12.0. The second-order valence-electron chi connectivity index (χ2n) is 4.40. The Labute approximate surface area is 120 Å². The van der Waals surface area contributed by atoms with Crippen molar-refractivity contribution in [1.82, 2.24) is 10.3 Å². The maximum Gasteiger partial charge on any atom is 0.252 e. The van der Waals surface area contributed by atoms with Crippen molar-refractivity contribution in [2.24, 2.45) is 0 Å². The summed E-state index contributed by atoms with van der Waals surface area (Å²) in [6.07, 6.45) is 6.05. The molecule has 0 bridgehead atoms. The van der Waals surface area contributed by atoms with E-state index in [4.69, 9.17) is 11.6 Å². The summed E-state index contributed by atoms with van der Waals surface area (Å²) in [4.78, 5) is 16.1. The normalized spacial score (nSPS) is 10.3. The molecule has 1 rings (SSSR count). The zero-order valence-corrected chi connectivity index (χ0v) is 12.4. The van der Waals surface area contributed by atoms with Crippen LogP contribution in [-0.4, -0.2) is 24.0 Å². The Morgan fingerprint density at radius 1 is 1.32 bits per heavy atom. The number of nitrogens with one attached hydrogen (secondary N) is 2. The molecular formula is C14H22ClN3O. The van der Waals surface area contributed by atoms with Gasteiger partial charge in [0.05, 0.1) is 10.6 Å². The predicted molar refractivity (Wildman–Crippen MR) is 79.9 cm³/mol. The summed E-state index contributed by atoms with van der Waals surface area (Å²) < 4.78 is 0. The number of nitrogens with zero attached hydrogens (tertiary/aromatic N) is 1. The van der Waals surface area contributed by atoms with Crippen molar-refractivity contribution < 1.29 is 4.79 Å². The van der Waals surface area contributed by atoms with Gasteiger partial charge in [-0.3, -0.25) is 4.79 Å². The van der Waals surface area contributed by atoms with Gasteiger partial charge in [-0.2, -0.15) is 0 Å². The van der Waals surface area contributed by atoms with Gasteiger partial charge in [-0.25, -0.2) is 4.98 Å². The lowest BCUT2D eigenvalue weighted by Crippen LogP contribution is -2.25. The summed E-state index contributed by atoms with van der Waals surface area (Å²) in [5.74, 6) is 0.533. The van der Waals surface area contributed by atoms with Crippen LogP contribution in [0.2, 0.25) is 5.02 Å². The average Bonchev–Trinajstić information content (AvgIpc) is 2.41. The number of halogens is 1. The third-order valence-corrected chi connectivity index (χ3v) is 3.07. The highest BCUT2D eigenvalue weighted by Gasteiger charge is 2.11. The molecular weight excluding hydrogens is 262 g/mol. The van der Waals surface area contributed by atoms with Crippen LogP contribution in [0.15, 0.2) is 12.3 Å². The summed E-state index contributed by atoms with van der Waals surface area (Å²) in [6.45, 7) is 5.59. The fourth-order valence-corrected chi connectivity index (χ4v) is 1.93. The summed E-state index contributed by atoms with van der Waals surface area (Å²) >= 11 is 6.00. The Hall–Kier alpha value is -1.29. The van der Waals surface area contributed by atoms with Crippen molar-refractivity contribution in [1.29, 1.82) is 0 Å². The molecule has 0 saturated heterocycles. The van der Waals surface area contributed by atoms with E-state index >= 15 is 0 Å². The van der Waals surface area contributed by atoms with Crippen LogP contribution in [-0.2, 0) is 0 Å². The Morgan fingerprint density at radius 2 is 2.11 bits per heavy atom. The van der Waals surface area contributed by atoms with Crippen LogP contribution in [0, 0.1) is 0 Å². The number of amides is 1. The number of pyridine rings is 1. The van der Waals surface area contributed by atoms with Crippen molar-refractivity contribution >= 4 is 23.3 Å². The Kier molecular flexibility index (Phi) is 7.26. The van der Waals surface area contributed by atoms with Gasteiger partial charge in [-0.15, -0.1) is 0 Å². The molecule has 0 aliphatic carbocycles. The van der Waals surface area contributed by atoms with E-state index in [2.05, 4.69) is 22.5 Å². The number of carbonyl (C=O) groups is 1. The molecule has 0 aliphatic rings. The molecule has 1 amide bonds. The van der Waals surface area contributed by atoms with E-state index in [0.29, 0.717) is 22.9 Å². The minimum absolute atomic E-state index is 0.136. The second kappa shape index (κ2) is 8.75. The molecule has 0 atom stereocenters. The van der Waals surface area contributed by atoms with E-state index in [9.17, 15) is 4.79 Å². The number of carbonyl (C=O) groups excluding carboxylic acids is 1. The highest BCUT2D eigenvalue weighted by molar-refractivity contribution is 6.33. The summed E-state index contributed by atoms with van der Waals surface area (Å²) in [7, 11) is 0. The molecule has 0 spiro atoms. The SMILES string of the molecule is CCCCCCNC(=O)c1cc(NCC)ncc1Cl. The third kappa shape index (κ3) is 5.47. The number of anilines is 1. The standard InChI is InChI=1S/C14H22ClN3O/c1-3-5-6-7-8-17-14(19)11-9-13(16-4-2)18-10-12(11)15/h9-10H,3-8H2,1-2H3,(H,16,18)(H,17,19). The molecule has 0 unspecified atom stereocenters. The first-order valence-electron chi connectivity index (χ1n) is 6.86. The summed E-state index contributed by atoms with van der Waals surface area (Å²) in [5.41, 5.74) is 0.475. The van der Waals surface area contributed by atoms with Gasteiger partial charge in [0.15, 0.2) is 0 Å². The van der Waals surface area contributed by atoms with E-state index in [1.165, 1.54) is 19.0 Å². The first kappa shape index (κ1) is 15.8. The van der Waals surface area contributed by atoms with Crippen LogP contribution in [0.5, 0.6) is 0 Å². The van der Waals surface area contributed by atoms with Crippen LogP contribution in [0.1, 0.15) is 49.9 Å². The minimum Gasteiger partial charge on any atom is -0.370 e. The van der Waals surface area contributed by atoms with Gasteiger partial charge >= 0.3 is 0 Å². The molecule has 106 valence electrons. The third-order valence-electron chi connectivity index (χ3n) is 2.77. The minimum atomic E-state index is -0.136. The lowest BCUT2D eigenvalue weighted by molar-refractivity contribution is 0.0953. The highest BCUT2D eigenvalue weighted by atomic mass is 35.5. The van der Waals surface area contributed by atoms with Crippen molar-refractivity contribution in [3.63, 3.8) is 0 Å². The predicted octanol–water partition coefficient (Wildman–Crippen LogP) is 3.48. The van der Waals surface area contributed by atoms with E-state index in [1.807, 2.05) is 6.92 Å². The quantitative estimate of drug-likeness (QED) is 0.718. The molecule has 19 heavy (non-hydrogen) atoms. The fraction of sp³-hybridized carbons (Fsp3) is 0.571. The summed E-state index contributed by atoms with van der Waals surface area (Å²) in [5, 5.41) is 6.34. The van der Waals surface area contributed by atoms with Crippen molar-refractivity contribution in [2.75, 3.05) is 18.4 Å². The van der Waals surface area contributed by atoms with Crippen LogP contribution in [0.25, 0.3) is 0 Å². The number of unbranched alkanes of at least 4 members (excludes halogenated alkanes) is 3. The van der Waals surface area contributed by atoms with Crippen molar-refractivity contribution in [2.45, 2.75) is 39.5 Å². The van der Waals surface area contributed by atoms with Crippen molar-refractivity contribution in [3.05, 3.63) is 22.8 Å². The van der Waals surface area contributed by atoms with Crippen LogP contribution in [0.4, 0.5) is 5.82 Å². The Bertz CT molecular complexity index is 410. The Balaban J connectivity index is 2.53. The second-order valence-corrected chi connectivity index (χ2v) is 4.80. The molecule has 5 heteroatoms. The van der Waals surface area contributed by atoms with E-state index in [-0.39, 0.29) is 5.91 Å². The largest absolute Gasteiger partial charge is 0.370 e. The first-order chi connectivity index (χ1) is 9.19. The topological polar surface area (TPSA) is 54.0 Å². The monoisotopic (exact) mass is 283 g/mol. The van der Waals surface area contributed by atoms with Crippen LogP contribution >= 0.6 is 11.6 Å². The number of rotatable bonds is 8. The highest BCUT2D eigenvalue weighted by Crippen LogP contribution is 2.17. The number of aromatic nitrogens is 1. The Morgan fingerprint density at radius 3 is 2.79 bits per heavy atom. The molecule has 0 aromatic carbocycles.